The van der Waals surface area contributed by atoms with E-state index in [0.29, 0.717) is 5.92 Å². The molecule has 4 aliphatic carbocycles. The van der Waals surface area contributed by atoms with Gasteiger partial charge in [0.2, 0.25) is 0 Å². The molecule has 0 saturated carbocycles. The van der Waals surface area contributed by atoms with E-state index in [1.54, 1.807) is 0 Å². The minimum atomic E-state index is -4.23. The van der Waals surface area contributed by atoms with Crippen LogP contribution >= 0.6 is 0 Å². The molecular weight excluding hydrogens is 701 g/mol. The molecular formula is C46H44F3Zr-3. The zero-order valence-corrected chi connectivity index (χ0v) is 32.7. The van der Waals surface area contributed by atoms with Crippen LogP contribution in [0.1, 0.15) is 99.9 Å². The van der Waals surface area contributed by atoms with Crippen molar-refractivity contribution in [1.82, 2.24) is 0 Å². The number of allylic oxidation sites excluding steroid dienone is 8. The third kappa shape index (κ3) is 7.67. The molecule has 0 aliphatic heterocycles. The van der Waals surface area contributed by atoms with Crippen LogP contribution in [0.4, 0.5) is 13.2 Å². The monoisotopic (exact) mass is 743 g/mol. The van der Waals surface area contributed by atoms with Gasteiger partial charge in [-0.1, -0.05) is 114 Å². The van der Waals surface area contributed by atoms with Crippen molar-refractivity contribution in [1.29, 1.82) is 0 Å². The Morgan fingerprint density at radius 1 is 0.760 bits per heavy atom. The summed E-state index contributed by atoms with van der Waals surface area (Å²) < 4.78 is 38.7. The summed E-state index contributed by atoms with van der Waals surface area (Å²) in [7, 11) is 0. The second kappa shape index (κ2) is 14.6. The molecule has 8 rings (SSSR count). The summed E-state index contributed by atoms with van der Waals surface area (Å²) in [5.41, 5.74) is 17.8. The Morgan fingerprint density at radius 2 is 1.34 bits per heavy atom. The molecule has 4 aliphatic rings. The molecule has 0 heterocycles. The van der Waals surface area contributed by atoms with Gasteiger partial charge in [0, 0.05) is 5.41 Å². The summed E-state index contributed by atoms with van der Waals surface area (Å²) in [4.78, 5) is 0. The molecule has 4 aromatic rings. The molecule has 0 amide bonds. The van der Waals surface area contributed by atoms with Gasteiger partial charge in [-0.15, -0.1) is 17.2 Å². The first-order valence-corrected chi connectivity index (χ1v) is 18.7. The first kappa shape index (κ1) is 37.6. The van der Waals surface area contributed by atoms with Crippen LogP contribution in [0.2, 0.25) is 0 Å². The number of hydrogen-bond donors (Lipinski definition) is 0. The number of halogens is 3. The van der Waals surface area contributed by atoms with E-state index in [-0.39, 0.29) is 10.8 Å². The summed E-state index contributed by atoms with van der Waals surface area (Å²) in [6, 6.07) is 27.3. The SMILES string of the molecule is CC1=[C-]C(C)(C)c2cc3c(cc21)-c1cc2c(cc1C3)C(C)(C)C=C2C.CC1=[C-]C(C)C=C1c1ccccc1.FC(F)(F)c1cc[c-]cc1.[CH2]=[Zr]. The zero-order chi connectivity index (χ0) is 36.6. The summed E-state index contributed by atoms with van der Waals surface area (Å²) >= 11 is 1.30. The van der Waals surface area contributed by atoms with E-state index in [1.807, 2.05) is 6.07 Å². The van der Waals surface area contributed by atoms with Gasteiger partial charge in [-0.2, -0.15) is 60.7 Å². The fourth-order valence-corrected chi connectivity index (χ4v) is 7.62. The zero-order valence-electron chi connectivity index (χ0n) is 30.3. The molecule has 0 N–H and O–H groups in total. The Balaban J connectivity index is 0.000000163. The standard InChI is InChI=1S/C25H25.C13H13.C7H4F3.CH2.Zr/c1-14-12-24(3,4)22-8-16-7-17-9-23-19(15(2)13-25(23,5)6)11-21(17)20(16)10-18(14)22;1-10-8-11(2)13(9-10)12-6-4-3-5-7-12;8-7(9,10)6-4-2-1-3-5-6;;/h8-12H,7H2,1-6H3;3-7,9-10H,1-2H3;2-5H;1H2;/q3*-1;;. The predicted octanol–water partition coefficient (Wildman–Crippen LogP) is 12.4. The molecule has 0 fully saturated rings. The van der Waals surface area contributed by atoms with Gasteiger partial charge in [-0.25, -0.2) is 11.1 Å². The Morgan fingerprint density at radius 3 is 1.88 bits per heavy atom. The fraction of sp³-hybridized carbons (Fsp3) is 0.283. The van der Waals surface area contributed by atoms with Crippen LogP contribution in [-0.4, -0.2) is 4.21 Å². The number of fused-ring (bicyclic) bond motifs is 5. The fourth-order valence-electron chi connectivity index (χ4n) is 7.62. The second-order valence-electron chi connectivity index (χ2n) is 14.5. The molecule has 0 spiro atoms. The van der Waals surface area contributed by atoms with Gasteiger partial charge in [-0.3, -0.25) is 12.2 Å². The van der Waals surface area contributed by atoms with Crippen LogP contribution in [0.25, 0.3) is 27.8 Å². The number of rotatable bonds is 1. The maximum absolute atomic E-state index is 11.8. The van der Waals surface area contributed by atoms with Gasteiger partial charge in [-0.05, 0) is 58.4 Å². The molecule has 0 bridgehead atoms. The van der Waals surface area contributed by atoms with E-state index in [0.717, 1.165) is 18.6 Å². The minimum absolute atomic E-state index is 0.0340. The van der Waals surface area contributed by atoms with Gasteiger partial charge in [0.1, 0.15) is 0 Å². The quantitative estimate of drug-likeness (QED) is 0.150. The Hall–Kier alpha value is -3.62. The van der Waals surface area contributed by atoms with Crippen LogP contribution in [-0.2, 0) is 47.7 Å². The average molecular weight is 745 g/mol. The molecule has 4 aromatic carbocycles. The number of hydrogen-bond acceptors (Lipinski definition) is 0. The van der Waals surface area contributed by atoms with Crippen LogP contribution in [0.3, 0.4) is 0 Å². The van der Waals surface area contributed by atoms with E-state index in [2.05, 4.69) is 139 Å². The summed E-state index contributed by atoms with van der Waals surface area (Å²) in [5, 5.41) is 0. The molecule has 4 heteroatoms. The number of alkyl halides is 3. The third-order valence-corrected chi connectivity index (χ3v) is 9.83. The van der Waals surface area contributed by atoms with Crippen molar-refractivity contribution in [3.63, 3.8) is 0 Å². The van der Waals surface area contributed by atoms with Crippen molar-refractivity contribution < 1.29 is 37.4 Å². The third-order valence-electron chi connectivity index (χ3n) is 9.83. The molecule has 0 nitrogen and oxygen atoms in total. The van der Waals surface area contributed by atoms with E-state index in [9.17, 15) is 13.2 Å². The van der Waals surface area contributed by atoms with Gasteiger partial charge in [0.15, 0.2) is 0 Å². The van der Waals surface area contributed by atoms with Crippen molar-refractivity contribution in [2.75, 3.05) is 0 Å². The summed E-state index contributed by atoms with van der Waals surface area (Å²) in [5.74, 6) is 0.468. The van der Waals surface area contributed by atoms with Gasteiger partial charge in [0.25, 0.3) is 0 Å². The molecule has 1 atom stereocenters. The Kier molecular flexibility index (Phi) is 11.0. The molecule has 0 saturated heterocycles. The second-order valence-corrected chi connectivity index (χ2v) is 14.5. The van der Waals surface area contributed by atoms with Crippen molar-refractivity contribution >= 4 is 20.9 Å². The van der Waals surface area contributed by atoms with Gasteiger partial charge in [0.05, 0.1) is 0 Å². The Bertz CT molecular complexity index is 1940. The van der Waals surface area contributed by atoms with E-state index in [4.69, 9.17) is 0 Å². The van der Waals surface area contributed by atoms with E-state index < -0.39 is 11.7 Å². The first-order valence-electron chi connectivity index (χ1n) is 17.0. The molecule has 1 unspecified atom stereocenters. The van der Waals surface area contributed by atoms with Crippen molar-refractivity contribution in [3.8, 4) is 11.1 Å². The van der Waals surface area contributed by atoms with Crippen molar-refractivity contribution in [3.05, 3.63) is 159 Å². The topological polar surface area (TPSA) is 0 Å². The molecule has 0 radical (unpaired) electrons. The van der Waals surface area contributed by atoms with E-state index in [1.165, 1.54) is 109 Å². The Labute approximate surface area is 311 Å². The molecule has 0 aromatic heterocycles. The van der Waals surface area contributed by atoms with Crippen LogP contribution < -0.4 is 0 Å². The van der Waals surface area contributed by atoms with Crippen molar-refractivity contribution in [2.45, 2.75) is 78.8 Å². The maximum atomic E-state index is 11.8. The van der Waals surface area contributed by atoms with Gasteiger partial charge < -0.3 is 0 Å². The molecule has 50 heavy (non-hydrogen) atoms. The van der Waals surface area contributed by atoms with Gasteiger partial charge >= 0.3 is 34.6 Å². The average Bonchev–Trinajstić information content (AvgIpc) is 3.75. The van der Waals surface area contributed by atoms with E-state index >= 15 is 0 Å². The first-order chi connectivity index (χ1) is 23.5. The summed E-state index contributed by atoms with van der Waals surface area (Å²) in [6.07, 6.45) is 8.57. The number of benzene rings is 4. The predicted molar refractivity (Wildman–Crippen MR) is 200 cm³/mol. The normalized spacial score (nSPS) is 18.2. The molecule has 256 valence electrons. The van der Waals surface area contributed by atoms with Crippen molar-refractivity contribution in [2.24, 2.45) is 5.92 Å². The van der Waals surface area contributed by atoms with Crippen LogP contribution in [0.15, 0.2) is 96.6 Å². The van der Waals surface area contributed by atoms with Crippen LogP contribution in [0, 0.1) is 24.1 Å². The van der Waals surface area contributed by atoms with Crippen LogP contribution in [0.5, 0.6) is 0 Å². The summed E-state index contributed by atoms with van der Waals surface area (Å²) in [6.45, 7) is 18.0.